The highest BCUT2D eigenvalue weighted by Gasteiger charge is 2.26. The zero-order valence-corrected chi connectivity index (χ0v) is 12.8. The van der Waals surface area contributed by atoms with Gasteiger partial charge in [-0.2, -0.15) is 0 Å². The molecule has 112 valence electrons. The third-order valence-electron chi connectivity index (χ3n) is 3.41. The predicted octanol–water partition coefficient (Wildman–Crippen LogP) is 2.86. The normalized spacial score (nSPS) is 12.1. The van der Waals surface area contributed by atoms with Gasteiger partial charge in [0.15, 0.2) is 0 Å². The second-order valence-corrected chi connectivity index (χ2v) is 5.73. The second-order valence-electron chi connectivity index (χ2n) is 4.81. The molecule has 0 radical (unpaired) electrons. The zero-order valence-electron chi connectivity index (χ0n) is 12.0. The maximum absolute atomic E-state index is 12.7. The molecule has 1 N–H and O–H groups in total. The molecule has 0 spiro atoms. The van der Waals surface area contributed by atoms with E-state index in [1.807, 2.05) is 54.4 Å². The van der Waals surface area contributed by atoms with Crippen molar-refractivity contribution in [2.75, 3.05) is 6.54 Å². The highest BCUT2D eigenvalue weighted by molar-refractivity contribution is 7.12. The van der Waals surface area contributed by atoms with Crippen LogP contribution in [0.25, 0.3) is 5.69 Å². The monoisotopic (exact) mass is 306 g/mol. The van der Waals surface area contributed by atoms with E-state index >= 15 is 0 Å². The molecule has 2 aromatic rings. The molecule has 2 heterocycles. The lowest BCUT2D eigenvalue weighted by Gasteiger charge is -2.26. The van der Waals surface area contributed by atoms with Gasteiger partial charge in [-0.05, 0) is 36.9 Å². The summed E-state index contributed by atoms with van der Waals surface area (Å²) in [5, 5.41) is 10.9. The number of aliphatic carboxylic acids is 1. The van der Waals surface area contributed by atoms with Gasteiger partial charge in [0.05, 0.1) is 5.69 Å². The van der Waals surface area contributed by atoms with Gasteiger partial charge in [0.25, 0.3) is 5.91 Å². The lowest BCUT2D eigenvalue weighted by atomic mass is 10.2. The van der Waals surface area contributed by atoms with Gasteiger partial charge in [0, 0.05) is 18.4 Å². The molecule has 0 aliphatic carbocycles. The highest BCUT2D eigenvalue weighted by atomic mass is 32.1. The molecule has 0 bridgehead atoms. The van der Waals surface area contributed by atoms with E-state index in [1.165, 1.54) is 16.2 Å². The average Bonchev–Trinajstić information content (AvgIpc) is 3.12. The Bertz CT molecular complexity index is 619. The number of nitrogens with zero attached hydrogens (tertiary/aromatic N) is 2. The predicted molar refractivity (Wildman–Crippen MR) is 82.1 cm³/mol. The Hall–Kier alpha value is -2.08. The minimum absolute atomic E-state index is 0.117. The molecule has 0 aliphatic heterocycles. The van der Waals surface area contributed by atoms with Crippen LogP contribution < -0.4 is 0 Å². The van der Waals surface area contributed by atoms with Gasteiger partial charge in [0.1, 0.15) is 11.4 Å². The minimum Gasteiger partial charge on any atom is -0.480 e. The molecule has 0 fully saturated rings. The van der Waals surface area contributed by atoms with Crippen molar-refractivity contribution < 1.29 is 14.7 Å². The fourth-order valence-electron chi connectivity index (χ4n) is 2.09. The summed E-state index contributed by atoms with van der Waals surface area (Å²) in [5.74, 6) is -1.23. The first-order valence-corrected chi connectivity index (χ1v) is 7.66. The van der Waals surface area contributed by atoms with E-state index in [0.717, 1.165) is 5.69 Å². The van der Waals surface area contributed by atoms with E-state index in [4.69, 9.17) is 5.11 Å². The van der Waals surface area contributed by atoms with E-state index in [1.54, 1.807) is 0 Å². The average molecular weight is 306 g/mol. The molecule has 0 saturated carbocycles. The number of carbonyl (C=O) groups excluding carboxylic acids is 1. The molecule has 0 aromatic carbocycles. The third-order valence-corrected chi connectivity index (χ3v) is 4.30. The van der Waals surface area contributed by atoms with Crippen LogP contribution in [0.4, 0.5) is 0 Å². The van der Waals surface area contributed by atoms with Crippen LogP contribution in [0.3, 0.4) is 0 Å². The van der Waals surface area contributed by atoms with E-state index in [2.05, 4.69) is 0 Å². The van der Waals surface area contributed by atoms with Crippen LogP contribution in [0.5, 0.6) is 0 Å². The summed E-state index contributed by atoms with van der Waals surface area (Å²) < 4.78 is 1.86. The van der Waals surface area contributed by atoms with Crippen LogP contribution in [0.1, 0.15) is 29.9 Å². The quantitative estimate of drug-likeness (QED) is 0.892. The fourth-order valence-corrected chi connectivity index (χ4v) is 2.93. The van der Waals surface area contributed by atoms with Gasteiger partial charge in [0.2, 0.25) is 0 Å². The van der Waals surface area contributed by atoms with E-state index in [9.17, 15) is 9.59 Å². The number of hydrogen-bond donors (Lipinski definition) is 1. The van der Waals surface area contributed by atoms with Gasteiger partial charge in [-0.3, -0.25) is 9.59 Å². The van der Waals surface area contributed by atoms with Crippen molar-refractivity contribution >= 4 is 23.2 Å². The largest absolute Gasteiger partial charge is 0.480 e. The summed E-state index contributed by atoms with van der Waals surface area (Å²) in [6.07, 6.45) is 4.44. The van der Waals surface area contributed by atoms with Crippen molar-refractivity contribution in [2.45, 2.75) is 26.3 Å². The van der Waals surface area contributed by atoms with Gasteiger partial charge >= 0.3 is 5.97 Å². The van der Waals surface area contributed by atoms with Gasteiger partial charge in [-0.15, -0.1) is 11.3 Å². The smallest absolute Gasteiger partial charge is 0.323 e. The van der Waals surface area contributed by atoms with Crippen molar-refractivity contribution in [1.82, 2.24) is 9.47 Å². The Morgan fingerprint density at radius 3 is 2.62 bits per heavy atom. The van der Waals surface area contributed by atoms with E-state index < -0.39 is 5.97 Å². The van der Waals surface area contributed by atoms with Crippen molar-refractivity contribution in [2.24, 2.45) is 0 Å². The molecule has 5 nitrogen and oxygen atoms in total. The summed E-state index contributed by atoms with van der Waals surface area (Å²) in [4.78, 5) is 25.7. The number of aromatic nitrogens is 1. The lowest BCUT2D eigenvalue weighted by molar-refractivity contribution is -0.138. The van der Waals surface area contributed by atoms with Crippen LogP contribution >= 0.6 is 11.3 Å². The number of amides is 1. The van der Waals surface area contributed by atoms with Crippen LogP contribution in [-0.2, 0) is 4.79 Å². The molecular formula is C15H18N2O3S. The molecule has 0 aliphatic rings. The Kier molecular flexibility index (Phi) is 4.80. The third kappa shape index (κ3) is 3.33. The van der Waals surface area contributed by atoms with Gasteiger partial charge < -0.3 is 14.6 Å². The van der Waals surface area contributed by atoms with Crippen LogP contribution in [-0.4, -0.2) is 39.0 Å². The molecule has 21 heavy (non-hydrogen) atoms. The molecule has 2 rings (SSSR count). The number of hydrogen-bond acceptors (Lipinski definition) is 3. The fraction of sp³-hybridized carbons (Fsp3) is 0.333. The van der Waals surface area contributed by atoms with Crippen LogP contribution in [0, 0.1) is 0 Å². The number of rotatable bonds is 6. The maximum Gasteiger partial charge on any atom is 0.323 e. The Balaban J connectivity index is 2.33. The van der Waals surface area contributed by atoms with Gasteiger partial charge in [-0.25, -0.2) is 0 Å². The summed E-state index contributed by atoms with van der Waals surface area (Å²) in [6, 6.07) is 5.52. The zero-order chi connectivity index (χ0) is 15.4. The molecule has 0 saturated heterocycles. The molecule has 1 amide bonds. The van der Waals surface area contributed by atoms with Crippen molar-refractivity contribution in [1.29, 1.82) is 0 Å². The maximum atomic E-state index is 12.7. The Labute approximate surface area is 127 Å². The topological polar surface area (TPSA) is 62.5 Å². The Morgan fingerprint density at radius 2 is 2.05 bits per heavy atom. The second kappa shape index (κ2) is 6.58. The summed E-state index contributed by atoms with van der Waals surface area (Å²) >= 11 is 1.33. The highest BCUT2D eigenvalue weighted by Crippen LogP contribution is 2.24. The van der Waals surface area contributed by atoms with Gasteiger partial charge in [-0.1, -0.05) is 6.92 Å². The van der Waals surface area contributed by atoms with Crippen molar-refractivity contribution in [3.8, 4) is 5.69 Å². The molecule has 1 atom stereocenters. The Morgan fingerprint density at radius 1 is 1.38 bits per heavy atom. The van der Waals surface area contributed by atoms with Crippen molar-refractivity contribution in [3.63, 3.8) is 0 Å². The molecular weight excluding hydrogens is 288 g/mol. The first-order chi connectivity index (χ1) is 10.0. The summed E-state index contributed by atoms with van der Waals surface area (Å²) in [6.45, 7) is 3.52. The summed E-state index contributed by atoms with van der Waals surface area (Å²) in [5.41, 5.74) is 0.786. The number of thiophene rings is 1. The molecule has 6 heteroatoms. The SMILES string of the molecule is CCC(C)N(CC(=O)O)C(=O)c1sccc1-n1cccc1. The number of carboxylic acid groups (broad SMARTS) is 1. The van der Waals surface area contributed by atoms with Crippen molar-refractivity contribution in [3.05, 3.63) is 40.8 Å². The first kappa shape index (κ1) is 15.3. The van der Waals surface area contributed by atoms with Crippen LogP contribution in [0.15, 0.2) is 36.0 Å². The first-order valence-electron chi connectivity index (χ1n) is 6.78. The van der Waals surface area contributed by atoms with E-state index in [0.29, 0.717) is 11.3 Å². The number of carbonyl (C=O) groups is 2. The van der Waals surface area contributed by atoms with Crippen LogP contribution in [0.2, 0.25) is 0 Å². The number of carboxylic acids is 1. The standard InChI is InChI=1S/C15H18N2O3S/c1-3-11(2)17(10-13(18)19)15(20)14-12(6-9-21-14)16-7-4-5-8-16/h4-9,11H,3,10H2,1-2H3,(H,18,19). The molecule has 2 aromatic heterocycles. The molecule has 1 unspecified atom stereocenters. The van der Waals surface area contributed by atoms with E-state index in [-0.39, 0.29) is 18.5 Å². The summed E-state index contributed by atoms with van der Waals surface area (Å²) in [7, 11) is 0. The lowest BCUT2D eigenvalue weighted by Crippen LogP contribution is -2.41. The minimum atomic E-state index is -0.997.